The molecule has 0 aliphatic carbocycles. The molecule has 0 aromatic carbocycles. The van der Waals surface area contributed by atoms with Gasteiger partial charge in [-0.05, 0) is 0 Å². The maximum atomic E-state index is 10.8. The highest BCUT2D eigenvalue weighted by Crippen LogP contribution is 2.14. The molecule has 0 saturated carbocycles. The van der Waals surface area contributed by atoms with Crippen LogP contribution < -0.4 is 4.90 Å². The zero-order valence-electron chi connectivity index (χ0n) is 5.99. The number of carbonyl (C=O) groups is 1. The Morgan fingerprint density at radius 2 is 2.55 bits per heavy atom. The number of aromatic nitrogens is 1. The van der Waals surface area contributed by atoms with Crippen LogP contribution >= 0.6 is 0 Å². The van der Waals surface area contributed by atoms with E-state index < -0.39 is 0 Å². The quantitative estimate of drug-likeness (QED) is 0.586. The van der Waals surface area contributed by atoms with Gasteiger partial charge in [0.25, 0.3) is 6.01 Å². The molecule has 1 fully saturated rings. The van der Waals surface area contributed by atoms with Crippen LogP contribution in [-0.4, -0.2) is 23.9 Å². The summed E-state index contributed by atoms with van der Waals surface area (Å²) in [6, 6.07) is 0.552. The zero-order chi connectivity index (χ0) is 7.68. The molecule has 1 aliphatic heterocycles. The lowest BCUT2D eigenvalue weighted by molar-refractivity contribution is -0.116. The van der Waals surface area contributed by atoms with Crippen molar-refractivity contribution in [1.29, 1.82) is 0 Å². The summed E-state index contributed by atoms with van der Waals surface area (Å²) in [5, 5.41) is 0. The van der Waals surface area contributed by atoms with Crippen molar-refractivity contribution in [3.63, 3.8) is 0 Å². The average molecular weight is 152 g/mol. The van der Waals surface area contributed by atoms with Crippen molar-refractivity contribution in [1.82, 2.24) is 4.98 Å². The monoisotopic (exact) mass is 152 g/mol. The average Bonchev–Trinajstić information content (AvgIpc) is 2.55. The van der Waals surface area contributed by atoms with E-state index in [4.69, 9.17) is 4.42 Å². The Morgan fingerprint density at radius 3 is 3.09 bits per heavy atom. The first kappa shape index (κ1) is 6.39. The van der Waals surface area contributed by atoms with Gasteiger partial charge in [-0.2, -0.15) is 0 Å². The summed E-state index contributed by atoms with van der Waals surface area (Å²) >= 11 is 0. The van der Waals surface area contributed by atoms with E-state index in [9.17, 15) is 4.79 Å². The van der Waals surface area contributed by atoms with Gasteiger partial charge in [-0.25, -0.2) is 4.98 Å². The van der Waals surface area contributed by atoms with Crippen LogP contribution in [0.3, 0.4) is 0 Å². The molecule has 0 amide bonds. The maximum Gasteiger partial charge on any atom is 0.297 e. The van der Waals surface area contributed by atoms with E-state index in [1.54, 1.807) is 6.20 Å². The molecule has 1 aromatic rings. The van der Waals surface area contributed by atoms with Gasteiger partial charge in [-0.15, -0.1) is 0 Å². The summed E-state index contributed by atoms with van der Waals surface area (Å²) in [5.74, 6) is 0.253. The first-order chi connectivity index (χ1) is 5.36. The summed E-state index contributed by atoms with van der Waals surface area (Å²) in [7, 11) is 0. The molecule has 0 bridgehead atoms. The fraction of sp³-hybridized carbons (Fsp3) is 0.429. The van der Waals surface area contributed by atoms with Crippen molar-refractivity contribution in [2.75, 3.05) is 18.0 Å². The number of hydrogen-bond donors (Lipinski definition) is 0. The second kappa shape index (κ2) is 2.38. The van der Waals surface area contributed by atoms with Gasteiger partial charge < -0.3 is 9.32 Å². The molecule has 0 atom stereocenters. The van der Waals surface area contributed by atoms with Crippen LogP contribution in [0.2, 0.25) is 0 Å². The molecule has 11 heavy (non-hydrogen) atoms. The Morgan fingerprint density at radius 1 is 1.64 bits per heavy atom. The third kappa shape index (κ3) is 1.11. The van der Waals surface area contributed by atoms with Crippen LogP contribution in [0.15, 0.2) is 16.9 Å². The predicted molar refractivity (Wildman–Crippen MR) is 38.3 cm³/mol. The molecule has 2 rings (SSSR count). The number of anilines is 1. The zero-order valence-corrected chi connectivity index (χ0v) is 5.99. The van der Waals surface area contributed by atoms with E-state index in [1.807, 2.05) is 4.90 Å². The first-order valence-electron chi connectivity index (χ1n) is 3.52. The lowest BCUT2D eigenvalue weighted by Crippen LogP contribution is -2.19. The number of rotatable bonds is 1. The molecule has 58 valence electrons. The SMILES string of the molecule is O=C1CCN(c2ncco2)C1. The molecule has 1 aliphatic rings. The van der Waals surface area contributed by atoms with Gasteiger partial charge in [0.05, 0.1) is 12.7 Å². The number of Topliss-reactive ketones (excluding diaryl/α,β-unsaturated/α-hetero) is 1. The van der Waals surface area contributed by atoms with E-state index in [0.29, 0.717) is 19.0 Å². The third-order valence-corrected chi connectivity index (χ3v) is 1.72. The van der Waals surface area contributed by atoms with Gasteiger partial charge in [0, 0.05) is 13.0 Å². The first-order valence-corrected chi connectivity index (χ1v) is 3.52. The molecule has 4 nitrogen and oxygen atoms in total. The Bertz CT molecular complexity index is 255. The Balaban J connectivity index is 2.13. The summed E-state index contributed by atoms with van der Waals surface area (Å²) in [4.78, 5) is 16.6. The molecule has 4 heteroatoms. The smallest absolute Gasteiger partial charge is 0.297 e. The van der Waals surface area contributed by atoms with Gasteiger partial charge >= 0.3 is 0 Å². The molecule has 0 N–H and O–H groups in total. The van der Waals surface area contributed by atoms with E-state index in [1.165, 1.54) is 6.26 Å². The fourth-order valence-electron chi connectivity index (χ4n) is 1.17. The number of nitrogens with zero attached hydrogens (tertiary/aromatic N) is 2. The van der Waals surface area contributed by atoms with E-state index >= 15 is 0 Å². The molecule has 0 radical (unpaired) electrons. The van der Waals surface area contributed by atoms with Crippen molar-refractivity contribution in [3.8, 4) is 0 Å². The lowest BCUT2D eigenvalue weighted by atomic mass is 10.4. The van der Waals surface area contributed by atoms with Crippen molar-refractivity contribution < 1.29 is 9.21 Å². The second-order valence-corrected chi connectivity index (χ2v) is 2.52. The molecule has 1 aromatic heterocycles. The van der Waals surface area contributed by atoms with E-state index in [2.05, 4.69) is 4.98 Å². The molecule has 0 unspecified atom stereocenters. The summed E-state index contributed by atoms with van der Waals surface area (Å²) < 4.78 is 5.03. The topological polar surface area (TPSA) is 46.3 Å². The minimum atomic E-state index is 0.253. The van der Waals surface area contributed by atoms with Crippen molar-refractivity contribution in [3.05, 3.63) is 12.5 Å². The Kier molecular flexibility index (Phi) is 1.38. The highest BCUT2D eigenvalue weighted by molar-refractivity contribution is 5.86. The maximum absolute atomic E-state index is 10.8. The van der Waals surface area contributed by atoms with Gasteiger partial charge in [0.15, 0.2) is 5.78 Å². The molecule has 1 saturated heterocycles. The Hall–Kier alpha value is -1.32. The summed E-state index contributed by atoms with van der Waals surface area (Å²) in [6.45, 7) is 1.18. The van der Waals surface area contributed by atoms with Crippen LogP contribution in [0.4, 0.5) is 6.01 Å². The van der Waals surface area contributed by atoms with E-state index in [0.717, 1.165) is 6.54 Å². The molecular formula is C7H8N2O2. The van der Waals surface area contributed by atoms with Crippen LogP contribution in [-0.2, 0) is 4.79 Å². The van der Waals surface area contributed by atoms with Crippen LogP contribution in [0, 0.1) is 0 Å². The highest BCUT2D eigenvalue weighted by atomic mass is 16.4. The fourth-order valence-corrected chi connectivity index (χ4v) is 1.17. The Labute approximate surface area is 63.8 Å². The molecule has 0 spiro atoms. The number of hydrogen-bond acceptors (Lipinski definition) is 4. The highest BCUT2D eigenvalue weighted by Gasteiger charge is 2.21. The van der Waals surface area contributed by atoms with Gasteiger partial charge in [0.2, 0.25) is 0 Å². The number of oxazole rings is 1. The predicted octanol–water partition coefficient (Wildman–Crippen LogP) is 0.454. The van der Waals surface area contributed by atoms with Gasteiger partial charge in [-0.3, -0.25) is 4.79 Å². The molecular weight excluding hydrogens is 144 g/mol. The number of carbonyl (C=O) groups excluding carboxylic acids is 1. The lowest BCUT2D eigenvalue weighted by Gasteiger charge is -2.08. The van der Waals surface area contributed by atoms with Crippen molar-refractivity contribution in [2.24, 2.45) is 0 Å². The van der Waals surface area contributed by atoms with Crippen LogP contribution in [0.25, 0.3) is 0 Å². The number of ketones is 1. The van der Waals surface area contributed by atoms with Gasteiger partial charge in [-0.1, -0.05) is 0 Å². The normalized spacial score (nSPS) is 17.8. The van der Waals surface area contributed by atoms with Crippen molar-refractivity contribution >= 4 is 11.8 Å². The minimum absolute atomic E-state index is 0.253. The van der Waals surface area contributed by atoms with Crippen LogP contribution in [0.5, 0.6) is 0 Å². The van der Waals surface area contributed by atoms with Crippen molar-refractivity contribution in [2.45, 2.75) is 6.42 Å². The summed E-state index contributed by atoms with van der Waals surface area (Å²) in [6.07, 6.45) is 3.71. The second-order valence-electron chi connectivity index (χ2n) is 2.52. The standard InChI is InChI=1S/C7H8N2O2/c10-6-1-3-9(5-6)7-8-2-4-11-7/h2,4H,1,3,5H2. The summed E-state index contributed by atoms with van der Waals surface area (Å²) in [5.41, 5.74) is 0. The molecule has 2 heterocycles. The van der Waals surface area contributed by atoms with E-state index in [-0.39, 0.29) is 5.78 Å². The van der Waals surface area contributed by atoms with Gasteiger partial charge in [0.1, 0.15) is 6.26 Å². The third-order valence-electron chi connectivity index (χ3n) is 1.72. The largest absolute Gasteiger partial charge is 0.432 e. The van der Waals surface area contributed by atoms with Crippen LogP contribution in [0.1, 0.15) is 6.42 Å². The minimum Gasteiger partial charge on any atom is -0.432 e.